The summed E-state index contributed by atoms with van der Waals surface area (Å²) in [6.45, 7) is 1.86. The monoisotopic (exact) mass is 615 g/mol. The number of para-hydroxylation sites is 2. The molecule has 5 rings (SSSR count). The molecule has 3 amide bonds. The normalized spacial score (nSPS) is 11.7. The molecule has 0 heterocycles. The van der Waals surface area contributed by atoms with E-state index >= 15 is 0 Å². The van der Waals surface area contributed by atoms with Gasteiger partial charge in [-0.1, -0.05) is 72.8 Å². The second-order valence-corrected chi connectivity index (χ2v) is 11.4. The van der Waals surface area contributed by atoms with Crippen LogP contribution in [0.4, 0.5) is 21.5 Å². The van der Waals surface area contributed by atoms with Gasteiger partial charge in [0.1, 0.15) is 11.5 Å². The zero-order valence-corrected chi connectivity index (χ0v) is 25.2. The molecule has 224 valence electrons. The number of anilines is 3. The molecule has 1 unspecified atom stereocenters. The maximum atomic E-state index is 14.4. The Labute approximate surface area is 265 Å². The van der Waals surface area contributed by atoms with Gasteiger partial charge in [-0.25, -0.2) is 4.39 Å². The van der Waals surface area contributed by atoms with Gasteiger partial charge in [-0.2, -0.15) is 0 Å². The Morgan fingerprint density at radius 1 is 0.711 bits per heavy atom. The fourth-order valence-electron chi connectivity index (χ4n) is 4.50. The summed E-state index contributed by atoms with van der Waals surface area (Å²) in [5, 5.41) is 4.97. The van der Waals surface area contributed by atoms with Crippen molar-refractivity contribution >= 4 is 52.6 Å². The number of nitrogens with one attached hydrogen (secondary N) is 2. The van der Waals surface area contributed by atoms with Crippen molar-refractivity contribution in [1.29, 1.82) is 0 Å². The predicted octanol–water partition coefficient (Wildman–Crippen LogP) is 8.08. The number of halogens is 1. The van der Waals surface area contributed by atoms with Crippen molar-refractivity contribution in [2.24, 2.45) is 0 Å². The summed E-state index contributed by atoms with van der Waals surface area (Å²) in [6, 6.07) is 40.5. The lowest BCUT2D eigenvalue weighted by atomic mass is 10.1. The summed E-state index contributed by atoms with van der Waals surface area (Å²) in [5.74, 6) is -1.72. The quantitative estimate of drug-likeness (QED) is 0.123. The molecule has 2 N–H and O–H groups in total. The SMILES string of the molecule is CC(Sc1ccc(NC(=O)/C(=C/c2ccccc2F)NC(=O)c2ccccc2)cc1)C(=O)N(c1ccccc1)c1ccccc1. The van der Waals surface area contributed by atoms with E-state index < -0.39 is 22.9 Å². The van der Waals surface area contributed by atoms with Crippen molar-refractivity contribution in [1.82, 2.24) is 5.32 Å². The number of hydrogen-bond acceptors (Lipinski definition) is 4. The molecule has 8 heteroatoms. The van der Waals surface area contributed by atoms with E-state index in [1.54, 1.807) is 59.5 Å². The smallest absolute Gasteiger partial charge is 0.272 e. The predicted molar refractivity (Wildman–Crippen MR) is 179 cm³/mol. The lowest BCUT2D eigenvalue weighted by Gasteiger charge is -2.26. The van der Waals surface area contributed by atoms with Gasteiger partial charge < -0.3 is 10.6 Å². The largest absolute Gasteiger partial charge is 0.321 e. The molecular weight excluding hydrogens is 585 g/mol. The van der Waals surface area contributed by atoms with Gasteiger partial charge in [0, 0.05) is 33.1 Å². The van der Waals surface area contributed by atoms with Crippen LogP contribution < -0.4 is 15.5 Å². The van der Waals surface area contributed by atoms with Gasteiger partial charge in [-0.05, 0) is 79.7 Å². The van der Waals surface area contributed by atoms with Gasteiger partial charge in [0.15, 0.2) is 0 Å². The third kappa shape index (κ3) is 8.13. The van der Waals surface area contributed by atoms with Crippen LogP contribution in [0.1, 0.15) is 22.8 Å². The van der Waals surface area contributed by atoms with Gasteiger partial charge in [-0.3, -0.25) is 19.3 Å². The molecule has 45 heavy (non-hydrogen) atoms. The molecule has 1 atom stereocenters. The van der Waals surface area contributed by atoms with E-state index in [-0.39, 0.29) is 17.2 Å². The highest BCUT2D eigenvalue weighted by Gasteiger charge is 2.24. The fourth-order valence-corrected chi connectivity index (χ4v) is 5.41. The van der Waals surface area contributed by atoms with Crippen molar-refractivity contribution in [3.8, 4) is 0 Å². The molecule has 0 aliphatic carbocycles. The van der Waals surface area contributed by atoms with Crippen molar-refractivity contribution in [2.45, 2.75) is 17.1 Å². The summed E-state index contributed by atoms with van der Waals surface area (Å²) >= 11 is 1.40. The molecule has 0 bridgehead atoms. The van der Waals surface area contributed by atoms with E-state index in [0.29, 0.717) is 11.3 Å². The first-order valence-corrected chi connectivity index (χ1v) is 15.1. The van der Waals surface area contributed by atoms with Crippen LogP contribution in [0.2, 0.25) is 0 Å². The van der Waals surface area contributed by atoms with E-state index in [9.17, 15) is 18.8 Å². The average Bonchev–Trinajstić information content (AvgIpc) is 3.07. The summed E-state index contributed by atoms with van der Waals surface area (Å²) in [5.41, 5.74) is 2.41. The van der Waals surface area contributed by atoms with Crippen molar-refractivity contribution in [3.63, 3.8) is 0 Å². The second-order valence-electron chi connectivity index (χ2n) is 9.98. The number of carbonyl (C=O) groups is 3. The molecule has 0 saturated heterocycles. The Morgan fingerprint density at radius 3 is 1.82 bits per heavy atom. The maximum Gasteiger partial charge on any atom is 0.272 e. The zero-order valence-electron chi connectivity index (χ0n) is 24.4. The summed E-state index contributed by atoms with van der Waals surface area (Å²) < 4.78 is 14.4. The topological polar surface area (TPSA) is 78.5 Å². The second kappa shape index (κ2) is 14.8. The standard InChI is InChI=1S/C37H30FN3O3S/c1-26(37(44)41(30-16-7-3-8-17-30)31-18-9-4-10-19-31)45-32-23-21-29(22-24-32)39-36(43)34(25-28-15-11-12-20-33(28)38)40-35(42)27-13-5-2-6-14-27/h2-26H,1H3,(H,39,43)(H,40,42)/b34-25-. The number of hydrogen-bond donors (Lipinski definition) is 2. The lowest BCUT2D eigenvalue weighted by molar-refractivity contribution is -0.117. The van der Waals surface area contributed by atoms with E-state index in [2.05, 4.69) is 10.6 Å². The number of nitrogens with zero attached hydrogens (tertiary/aromatic N) is 1. The molecule has 6 nitrogen and oxygen atoms in total. The van der Waals surface area contributed by atoms with Crippen LogP contribution in [0, 0.1) is 5.82 Å². The Morgan fingerprint density at radius 2 is 1.24 bits per heavy atom. The first kappa shape index (κ1) is 31.0. The van der Waals surface area contributed by atoms with E-state index in [0.717, 1.165) is 16.3 Å². The zero-order chi connectivity index (χ0) is 31.6. The molecule has 0 aromatic heterocycles. The molecule has 0 spiro atoms. The Bertz CT molecular complexity index is 1760. The van der Waals surface area contributed by atoms with Crippen LogP contribution in [0.3, 0.4) is 0 Å². The summed E-state index contributed by atoms with van der Waals surface area (Å²) in [4.78, 5) is 42.4. The number of thioether (sulfide) groups is 1. The average molecular weight is 616 g/mol. The minimum atomic E-state index is -0.618. The number of benzene rings is 5. The molecular formula is C37H30FN3O3S. The van der Waals surface area contributed by atoms with E-state index in [1.165, 1.54) is 30.0 Å². The minimum absolute atomic E-state index is 0.0770. The molecule has 0 radical (unpaired) electrons. The highest BCUT2D eigenvalue weighted by molar-refractivity contribution is 8.00. The molecule has 0 aliphatic heterocycles. The molecule has 0 aliphatic rings. The Hall–Kier alpha value is -5.47. The summed E-state index contributed by atoms with van der Waals surface area (Å²) in [7, 11) is 0. The van der Waals surface area contributed by atoms with Crippen LogP contribution >= 0.6 is 11.8 Å². The van der Waals surface area contributed by atoms with E-state index in [1.807, 2.05) is 79.7 Å². The molecule has 0 fully saturated rings. The van der Waals surface area contributed by atoms with Crippen LogP contribution in [0.15, 0.2) is 150 Å². The highest BCUT2D eigenvalue weighted by atomic mass is 32.2. The number of amides is 3. The van der Waals surface area contributed by atoms with Crippen molar-refractivity contribution in [3.05, 3.63) is 162 Å². The van der Waals surface area contributed by atoms with Gasteiger partial charge in [0.25, 0.3) is 11.8 Å². The molecule has 5 aromatic rings. The minimum Gasteiger partial charge on any atom is -0.321 e. The third-order valence-corrected chi connectivity index (χ3v) is 7.86. The van der Waals surface area contributed by atoms with E-state index in [4.69, 9.17) is 0 Å². The first-order valence-electron chi connectivity index (χ1n) is 14.2. The Kier molecular flexibility index (Phi) is 10.2. The first-order chi connectivity index (χ1) is 21.9. The van der Waals surface area contributed by atoms with Crippen molar-refractivity contribution < 1.29 is 18.8 Å². The maximum absolute atomic E-state index is 14.4. The van der Waals surface area contributed by atoms with Crippen LogP contribution in [-0.4, -0.2) is 23.0 Å². The van der Waals surface area contributed by atoms with Gasteiger partial charge in [0.2, 0.25) is 5.91 Å². The van der Waals surface area contributed by atoms with Gasteiger partial charge in [0.05, 0.1) is 5.25 Å². The van der Waals surface area contributed by atoms with Gasteiger partial charge >= 0.3 is 0 Å². The molecule has 0 saturated carbocycles. The van der Waals surface area contributed by atoms with Crippen LogP contribution in [0.25, 0.3) is 6.08 Å². The highest BCUT2D eigenvalue weighted by Crippen LogP contribution is 2.31. The third-order valence-electron chi connectivity index (χ3n) is 6.76. The Balaban J connectivity index is 1.30. The summed E-state index contributed by atoms with van der Waals surface area (Å²) in [6.07, 6.45) is 1.30. The fraction of sp³-hybridized carbons (Fsp3) is 0.0541. The number of rotatable bonds is 10. The number of carbonyl (C=O) groups excluding carboxylic acids is 3. The lowest BCUT2D eigenvalue weighted by Crippen LogP contribution is -2.32. The van der Waals surface area contributed by atoms with Crippen LogP contribution in [0.5, 0.6) is 0 Å². The molecule has 5 aromatic carbocycles. The van der Waals surface area contributed by atoms with Crippen molar-refractivity contribution in [2.75, 3.05) is 10.2 Å². The van der Waals surface area contributed by atoms with Gasteiger partial charge in [-0.15, -0.1) is 11.8 Å². The van der Waals surface area contributed by atoms with Crippen LogP contribution in [-0.2, 0) is 9.59 Å².